The van der Waals surface area contributed by atoms with Gasteiger partial charge in [-0.3, -0.25) is 0 Å². The first-order valence-corrected chi connectivity index (χ1v) is 7.46. The first-order chi connectivity index (χ1) is 10.4. The molecule has 23 heavy (non-hydrogen) atoms. The van der Waals surface area contributed by atoms with Gasteiger partial charge < -0.3 is 0 Å². The summed E-state index contributed by atoms with van der Waals surface area (Å²) in [4.78, 5) is 10.2. The van der Waals surface area contributed by atoms with E-state index in [-0.39, 0.29) is 11.2 Å². The summed E-state index contributed by atoms with van der Waals surface area (Å²) in [6.45, 7) is 16.1. The van der Waals surface area contributed by atoms with Crippen molar-refractivity contribution in [2.75, 3.05) is 0 Å². The van der Waals surface area contributed by atoms with Crippen molar-refractivity contribution < 1.29 is 30.4 Å². The quantitative estimate of drug-likeness (QED) is 0.583. The van der Waals surface area contributed by atoms with Crippen LogP contribution < -0.4 is 0 Å². The van der Waals surface area contributed by atoms with Gasteiger partial charge in [-0.05, 0) is 63.1 Å². The van der Waals surface area contributed by atoms with Crippen LogP contribution in [0.25, 0.3) is 0 Å². The molecule has 0 saturated heterocycles. The van der Waals surface area contributed by atoms with Crippen molar-refractivity contribution in [3.63, 3.8) is 0 Å². The Morgan fingerprint density at radius 2 is 1.09 bits per heavy atom. The van der Waals surface area contributed by atoms with Crippen LogP contribution in [-0.2, 0) is 19.9 Å². The Kier molecular flexibility index (Phi) is 13.1. The molecule has 0 fully saturated rings. The summed E-state index contributed by atoms with van der Waals surface area (Å²) >= 11 is 0. The molecule has 0 bridgehead atoms. The van der Waals surface area contributed by atoms with E-state index in [1.54, 1.807) is 0 Å². The number of rotatable bonds is 3. The molecule has 0 amide bonds. The van der Waals surface area contributed by atoms with Gasteiger partial charge in [0.2, 0.25) is 0 Å². The Balaban J connectivity index is 0. The summed E-state index contributed by atoms with van der Waals surface area (Å²) in [7, 11) is 0. The highest BCUT2D eigenvalue weighted by Gasteiger charge is 2.18. The van der Waals surface area contributed by atoms with E-state index in [9.17, 15) is 0 Å². The van der Waals surface area contributed by atoms with Crippen LogP contribution in [0.4, 0.5) is 0 Å². The molecule has 0 aliphatic heterocycles. The highest BCUT2D eigenvalue weighted by molar-refractivity contribution is 5.17. The Morgan fingerprint density at radius 1 is 0.739 bits per heavy atom. The van der Waals surface area contributed by atoms with Crippen molar-refractivity contribution in [2.45, 2.75) is 72.5 Å². The van der Waals surface area contributed by atoms with Gasteiger partial charge in [0.05, 0.1) is 11.2 Å². The van der Waals surface area contributed by atoms with E-state index in [0.717, 1.165) is 0 Å². The van der Waals surface area contributed by atoms with Crippen LogP contribution in [0.1, 0.15) is 66.9 Å². The monoisotopic (exact) mass is 332 g/mol. The van der Waals surface area contributed by atoms with E-state index in [1.165, 1.54) is 5.56 Å². The minimum absolute atomic E-state index is 0.215. The van der Waals surface area contributed by atoms with Gasteiger partial charge in [-0.25, -0.2) is 20.3 Å². The highest BCUT2D eigenvalue weighted by Crippen LogP contribution is 2.14. The summed E-state index contributed by atoms with van der Waals surface area (Å²) < 4.78 is 0. The summed E-state index contributed by atoms with van der Waals surface area (Å²) in [5, 5.41) is 19.0. The molecule has 1 rings (SSSR count). The van der Waals surface area contributed by atoms with Gasteiger partial charge in [0.15, 0.2) is 0 Å². The van der Waals surface area contributed by atoms with Gasteiger partial charge in [0, 0.05) is 0 Å². The van der Waals surface area contributed by atoms with Crippen LogP contribution in [0.2, 0.25) is 0 Å². The lowest BCUT2D eigenvalue weighted by atomic mass is 10.0. The van der Waals surface area contributed by atoms with Gasteiger partial charge in [0.1, 0.15) is 0 Å². The zero-order valence-electron chi connectivity index (χ0n) is 15.5. The topological polar surface area (TPSA) is 77.4 Å². The zero-order chi connectivity index (χ0) is 18.5. The number of benzene rings is 1. The maximum Gasteiger partial charge on any atom is 0.0952 e. The lowest BCUT2D eigenvalue weighted by Crippen LogP contribution is -2.27. The molecule has 0 saturated carbocycles. The smallest absolute Gasteiger partial charge is 0.0952 e. The molecule has 2 N–H and O–H groups in total. The van der Waals surface area contributed by atoms with E-state index in [2.05, 4.69) is 48.2 Å². The van der Waals surface area contributed by atoms with E-state index in [4.69, 9.17) is 20.3 Å². The summed E-state index contributed by atoms with van der Waals surface area (Å²) in [6, 6.07) is 10.5. The minimum Gasteiger partial charge on any atom is -0.230 e. The second-order valence-electron chi connectivity index (χ2n) is 7.11. The summed E-state index contributed by atoms with van der Waals surface area (Å²) in [6.07, 6.45) is 0. The molecule has 0 radical (unpaired) electrons. The van der Waals surface area contributed by atoms with Gasteiger partial charge >= 0.3 is 0 Å². The number of hydrogen-bond acceptors (Lipinski definition) is 6. The Labute approximate surface area is 139 Å². The maximum absolute atomic E-state index is 6.90. The van der Waals surface area contributed by atoms with Crippen molar-refractivity contribution in [3.8, 4) is 0 Å². The molecule has 1 aromatic rings. The lowest BCUT2D eigenvalue weighted by molar-refractivity contribution is -0.611. The van der Waals surface area contributed by atoms with Gasteiger partial charge in [-0.2, -0.15) is 0 Å². The van der Waals surface area contributed by atoms with Crippen molar-refractivity contribution in [2.24, 2.45) is 0 Å². The average Bonchev–Trinajstić information content (AvgIpc) is 2.46. The summed E-state index contributed by atoms with van der Waals surface area (Å²) in [5.74, 6) is 0.659. The molecular formula is C17H32O6. The Hall–Kier alpha value is -1.02. The molecule has 136 valence electrons. The molecule has 0 spiro atoms. The van der Waals surface area contributed by atoms with E-state index < -0.39 is 0 Å². The number of hydrogen-bond donors (Lipinski definition) is 2. The highest BCUT2D eigenvalue weighted by atomic mass is 17.6. The third-order valence-corrected chi connectivity index (χ3v) is 2.04. The third kappa shape index (κ3) is 21.0. The van der Waals surface area contributed by atoms with E-state index >= 15 is 0 Å². The standard InChI is InChI=1S/C9H12.C8H18O2.H2O4/c1-8(2)9-6-4-3-5-7-9;1-7(2,3)9-10-8(4,5)6;1-3-4-2/h3-8H,1-2H3;1-6H3;1-2H. The van der Waals surface area contributed by atoms with Crippen molar-refractivity contribution in [3.05, 3.63) is 35.9 Å². The third-order valence-electron chi connectivity index (χ3n) is 2.04. The minimum atomic E-state index is -0.215. The fraction of sp³-hybridized carbons (Fsp3) is 0.647. The zero-order valence-corrected chi connectivity index (χ0v) is 15.5. The van der Waals surface area contributed by atoms with E-state index in [1.807, 2.05) is 47.6 Å². The van der Waals surface area contributed by atoms with Crippen molar-refractivity contribution >= 4 is 0 Å². The first-order valence-electron chi connectivity index (χ1n) is 7.46. The molecule has 6 heteroatoms. The molecule has 0 aliphatic carbocycles. The molecule has 0 aliphatic rings. The second kappa shape index (κ2) is 12.4. The van der Waals surface area contributed by atoms with Crippen LogP contribution in [0.15, 0.2) is 30.3 Å². The molecule has 1 aromatic carbocycles. The molecule has 6 nitrogen and oxygen atoms in total. The maximum atomic E-state index is 6.90. The fourth-order valence-electron chi connectivity index (χ4n) is 1.09. The van der Waals surface area contributed by atoms with E-state index in [0.29, 0.717) is 5.92 Å². The Morgan fingerprint density at radius 3 is 1.26 bits per heavy atom. The van der Waals surface area contributed by atoms with Crippen molar-refractivity contribution in [1.29, 1.82) is 0 Å². The van der Waals surface area contributed by atoms with Gasteiger partial charge in [0.25, 0.3) is 0 Å². The molecular weight excluding hydrogens is 300 g/mol. The molecule has 0 aromatic heterocycles. The van der Waals surface area contributed by atoms with Crippen LogP contribution in [0.5, 0.6) is 0 Å². The average molecular weight is 332 g/mol. The molecule has 0 atom stereocenters. The SMILES string of the molecule is CC(C)(C)OOC(C)(C)C.CC(C)c1ccccc1.OOOO. The molecule has 0 unspecified atom stereocenters. The predicted octanol–water partition coefficient (Wildman–Crippen LogP) is 5.22. The first kappa shape index (κ1) is 24.2. The predicted molar refractivity (Wildman–Crippen MR) is 89.6 cm³/mol. The van der Waals surface area contributed by atoms with Gasteiger partial charge in [-0.1, -0.05) is 44.2 Å². The van der Waals surface area contributed by atoms with Crippen LogP contribution in [0.3, 0.4) is 0 Å². The largest absolute Gasteiger partial charge is 0.230 e. The second-order valence-corrected chi connectivity index (χ2v) is 7.11. The normalized spacial score (nSPS) is 11.3. The Bertz CT molecular complexity index is 349. The van der Waals surface area contributed by atoms with Gasteiger partial charge in [-0.15, -0.1) is 0 Å². The van der Waals surface area contributed by atoms with Crippen molar-refractivity contribution in [1.82, 2.24) is 0 Å². The molecule has 0 heterocycles. The summed E-state index contributed by atoms with van der Waals surface area (Å²) in [5.41, 5.74) is 0.984. The van der Waals surface area contributed by atoms with Crippen LogP contribution in [-0.4, -0.2) is 21.7 Å². The van der Waals surface area contributed by atoms with Crippen LogP contribution in [0, 0.1) is 0 Å². The fourth-order valence-corrected chi connectivity index (χ4v) is 1.09. The van der Waals surface area contributed by atoms with Crippen LogP contribution >= 0.6 is 0 Å². The lowest BCUT2D eigenvalue weighted by Gasteiger charge is -2.24.